The number of aliphatic hydroxyl groups is 3. The lowest BCUT2D eigenvalue weighted by atomic mass is 9.89. The number of Topliss-reactive ketones (excluding diaryl/α,β-unsaturated/α-hetero) is 1. The summed E-state index contributed by atoms with van der Waals surface area (Å²) in [5.41, 5.74) is 5.43. The van der Waals surface area contributed by atoms with Crippen molar-refractivity contribution >= 4 is 16.2 Å². The van der Waals surface area contributed by atoms with Gasteiger partial charge in [-0.05, 0) is 0 Å². The third kappa shape index (κ3) is 3.27. The molecule has 0 aliphatic carbocycles. The van der Waals surface area contributed by atoms with E-state index in [0.29, 0.717) is 0 Å². The number of carbonyl (C=O) groups is 1. The summed E-state index contributed by atoms with van der Waals surface area (Å²) >= 11 is 0. The Morgan fingerprint density at radius 3 is 2.42 bits per heavy atom. The Morgan fingerprint density at radius 1 is 1.53 bits per heavy atom. The van der Waals surface area contributed by atoms with Crippen LogP contribution in [0.1, 0.15) is 6.92 Å². The van der Waals surface area contributed by atoms with E-state index in [4.69, 9.17) is 20.1 Å². The summed E-state index contributed by atoms with van der Waals surface area (Å²) in [4.78, 5) is 11.3. The van der Waals surface area contributed by atoms with E-state index in [9.17, 15) is 23.4 Å². The van der Waals surface area contributed by atoms with Gasteiger partial charge in [0.15, 0.2) is 5.78 Å². The maximum absolute atomic E-state index is 11.3. The van der Waals surface area contributed by atoms with Gasteiger partial charge in [-0.25, -0.2) is 4.18 Å². The summed E-state index contributed by atoms with van der Waals surface area (Å²) in [5.74, 6) is -3.63. The molecule has 1 fully saturated rings. The van der Waals surface area contributed by atoms with Gasteiger partial charge >= 0.3 is 10.4 Å². The Kier molecular flexibility index (Phi) is 4.64. The predicted molar refractivity (Wildman–Crippen MR) is 58.0 cm³/mol. The highest BCUT2D eigenvalue weighted by molar-refractivity contribution is 7.80. The first-order valence-corrected chi connectivity index (χ1v) is 6.51. The second-order valence-corrected chi connectivity index (χ2v) is 5.14. The van der Waals surface area contributed by atoms with Crippen molar-refractivity contribution in [3.8, 4) is 0 Å². The fraction of sp³-hybridized carbons (Fsp3) is 0.875. The number of hydrogen-bond acceptors (Lipinski definition) is 9. The van der Waals surface area contributed by atoms with Gasteiger partial charge in [-0.15, -0.1) is 0 Å². The van der Waals surface area contributed by atoms with Crippen LogP contribution in [-0.4, -0.2) is 70.8 Å². The Balaban J connectivity index is 3.15. The molecule has 1 rings (SSSR count). The zero-order valence-electron chi connectivity index (χ0n) is 9.83. The quantitative estimate of drug-likeness (QED) is 0.328. The normalized spacial score (nSPS) is 40.1. The molecule has 5 atom stereocenters. The summed E-state index contributed by atoms with van der Waals surface area (Å²) in [6.45, 7) is 0.0747. The molecule has 1 heterocycles. The molecule has 0 spiro atoms. The van der Waals surface area contributed by atoms with Crippen LogP contribution in [-0.2, 0) is 24.1 Å². The number of rotatable bonds is 4. The standard InChI is InChI=1S/C8H15NO9S/c1-3(11)8(13)7(9)6(18-19(14,15)16)5(12)4(2-10)17-8/h4-7,10,12-13H,2,9H2,1H3,(H,14,15,16)/t4-,5-,6+,7-,8?/m1/s1. The molecule has 0 radical (unpaired) electrons. The van der Waals surface area contributed by atoms with E-state index in [1.165, 1.54) is 0 Å². The molecule has 0 saturated carbocycles. The number of nitrogens with two attached hydrogens (primary N) is 1. The van der Waals surface area contributed by atoms with Gasteiger partial charge in [0.2, 0.25) is 5.79 Å². The summed E-state index contributed by atoms with van der Waals surface area (Å²) in [6.07, 6.45) is -5.16. The molecule has 0 aromatic carbocycles. The first-order chi connectivity index (χ1) is 8.53. The van der Waals surface area contributed by atoms with Crippen molar-refractivity contribution in [1.82, 2.24) is 0 Å². The van der Waals surface area contributed by atoms with E-state index < -0.39 is 52.9 Å². The van der Waals surface area contributed by atoms with E-state index in [-0.39, 0.29) is 0 Å². The molecule has 1 saturated heterocycles. The first kappa shape index (κ1) is 16.4. The lowest BCUT2D eigenvalue weighted by molar-refractivity contribution is -0.293. The molecule has 0 aromatic rings. The molecule has 10 nitrogen and oxygen atoms in total. The molecular formula is C8H15NO9S. The maximum Gasteiger partial charge on any atom is 0.397 e. The minimum atomic E-state index is -5.00. The molecule has 0 aromatic heterocycles. The molecule has 112 valence electrons. The van der Waals surface area contributed by atoms with Crippen LogP contribution < -0.4 is 5.73 Å². The van der Waals surface area contributed by atoms with E-state index in [0.717, 1.165) is 6.92 Å². The van der Waals surface area contributed by atoms with Crippen LogP contribution >= 0.6 is 0 Å². The van der Waals surface area contributed by atoms with Crippen LogP contribution in [0.3, 0.4) is 0 Å². The Labute approximate surface area is 108 Å². The van der Waals surface area contributed by atoms with Crippen molar-refractivity contribution in [2.75, 3.05) is 6.61 Å². The van der Waals surface area contributed by atoms with Crippen LogP contribution in [0.5, 0.6) is 0 Å². The molecule has 6 N–H and O–H groups in total. The van der Waals surface area contributed by atoms with E-state index >= 15 is 0 Å². The van der Waals surface area contributed by atoms with Gasteiger partial charge in [0, 0.05) is 6.92 Å². The Morgan fingerprint density at radius 2 is 2.05 bits per heavy atom. The van der Waals surface area contributed by atoms with Gasteiger partial charge in [-0.3, -0.25) is 9.35 Å². The van der Waals surface area contributed by atoms with E-state index in [1.807, 2.05) is 0 Å². The lowest BCUT2D eigenvalue weighted by Gasteiger charge is -2.45. The van der Waals surface area contributed by atoms with Gasteiger partial charge in [0.05, 0.1) is 12.6 Å². The van der Waals surface area contributed by atoms with Crippen molar-refractivity contribution in [3.63, 3.8) is 0 Å². The zero-order chi connectivity index (χ0) is 15.0. The fourth-order valence-electron chi connectivity index (χ4n) is 1.75. The summed E-state index contributed by atoms with van der Waals surface area (Å²) in [5, 5.41) is 28.6. The SMILES string of the molecule is CC(=O)C1(O)O[C@H](CO)[C@@H](O)[C@H](OS(=O)(=O)O)[C@H]1N. The molecular weight excluding hydrogens is 286 g/mol. The van der Waals surface area contributed by atoms with Gasteiger partial charge in [0.25, 0.3) is 0 Å². The maximum atomic E-state index is 11.3. The first-order valence-electron chi connectivity index (χ1n) is 5.14. The minimum Gasteiger partial charge on any atom is -0.394 e. The smallest absolute Gasteiger partial charge is 0.394 e. The number of hydrogen-bond donors (Lipinski definition) is 5. The third-order valence-electron chi connectivity index (χ3n) is 2.77. The van der Waals surface area contributed by atoms with Crippen molar-refractivity contribution in [2.45, 2.75) is 37.1 Å². The summed E-state index contributed by atoms with van der Waals surface area (Å²) < 4.78 is 38.8. The van der Waals surface area contributed by atoms with Crippen molar-refractivity contribution in [1.29, 1.82) is 0 Å². The molecule has 1 aliphatic rings. The monoisotopic (exact) mass is 301 g/mol. The minimum absolute atomic E-state index is 0.838. The van der Waals surface area contributed by atoms with Crippen molar-refractivity contribution < 1.29 is 42.0 Å². The van der Waals surface area contributed by atoms with Crippen LogP contribution in [0.2, 0.25) is 0 Å². The number of ketones is 1. The molecule has 11 heteroatoms. The van der Waals surface area contributed by atoms with Crippen LogP contribution in [0.25, 0.3) is 0 Å². The highest BCUT2D eigenvalue weighted by atomic mass is 32.3. The number of carbonyl (C=O) groups excluding carboxylic acids is 1. The Hall–Kier alpha value is -0.660. The van der Waals surface area contributed by atoms with Crippen LogP contribution in [0.4, 0.5) is 0 Å². The van der Waals surface area contributed by atoms with Gasteiger partial charge in [-0.2, -0.15) is 8.42 Å². The third-order valence-corrected chi connectivity index (χ3v) is 3.24. The average molecular weight is 301 g/mol. The van der Waals surface area contributed by atoms with Gasteiger partial charge in [-0.1, -0.05) is 0 Å². The molecule has 1 unspecified atom stereocenters. The van der Waals surface area contributed by atoms with Crippen molar-refractivity contribution in [2.24, 2.45) is 5.73 Å². The van der Waals surface area contributed by atoms with Gasteiger partial charge < -0.3 is 25.8 Å². The second-order valence-electron chi connectivity index (χ2n) is 4.10. The van der Waals surface area contributed by atoms with E-state index in [1.54, 1.807) is 0 Å². The summed E-state index contributed by atoms with van der Waals surface area (Å²) in [6, 6.07) is -1.79. The average Bonchev–Trinajstić information content (AvgIpc) is 2.28. The van der Waals surface area contributed by atoms with Crippen molar-refractivity contribution in [3.05, 3.63) is 0 Å². The second kappa shape index (κ2) is 5.38. The van der Waals surface area contributed by atoms with Gasteiger partial charge in [0.1, 0.15) is 18.3 Å². The largest absolute Gasteiger partial charge is 0.397 e. The molecule has 1 aliphatic heterocycles. The molecule has 0 amide bonds. The Bertz CT molecular complexity index is 451. The van der Waals surface area contributed by atoms with Crippen LogP contribution in [0, 0.1) is 0 Å². The number of aliphatic hydroxyl groups excluding tert-OH is 2. The number of ether oxygens (including phenoxy) is 1. The summed E-state index contributed by atoms with van der Waals surface area (Å²) in [7, 11) is -5.00. The molecule has 0 bridgehead atoms. The predicted octanol–water partition coefficient (Wildman–Crippen LogP) is -3.47. The highest BCUT2D eigenvalue weighted by Gasteiger charge is 2.56. The lowest BCUT2D eigenvalue weighted by Crippen LogP contribution is -2.71. The highest BCUT2D eigenvalue weighted by Crippen LogP contribution is 2.30. The molecule has 19 heavy (non-hydrogen) atoms. The topological polar surface area (TPSA) is 177 Å². The fourth-order valence-corrected chi connectivity index (χ4v) is 2.26. The van der Waals surface area contributed by atoms with E-state index in [2.05, 4.69) is 4.18 Å². The van der Waals surface area contributed by atoms with Crippen LogP contribution in [0.15, 0.2) is 0 Å². The zero-order valence-corrected chi connectivity index (χ0v) is 10.6.